The molecule has 1 amide bonds. The highest BCUT2D eigenvalue weighted by Crippen LogP contribution is 2.52. The van der Waals surface area contributed by atoms with Crippen molar-refractivity contribution in [1.29, 1.82) is 0 Å². The molecular weight excluding hydrogens is 586 g/mol. The summed E-state index contributed by atoms with van der Waals surface area (Å²) in [4.78, 5) is 13.8. The van der Waals surface area contributed by atoms with Crippen LogP contribution in [-0.2, 0) is 0 Å². The molecule has 1 N–H and O–H groups in total. The fourth-order valence-corrected chi connectivity index (χ4v) is 6.99. The first kappa shape index (κ1) is 28.5. The minimum atomic E-state index is -0.185. The van der Waals surface area contributed by atoms with Crippen LogP contribution in [0.3, 0.4) is 0 Å². The van der Waals surface area contributed by atoms with Crippen molar-refractivity contribution in [1.82, 2.24) is 0 Å². The summed E-state index contributed by atoms with van der Waals surface area (Å²) in [5, 5.41) is 13.8. The Morgan fingerprint density at radius 2 is 1.00 bits per heavy atom. The monoisotopic (exact) mass is 617 g/mol. The summed E-state index contributed by atoms with van der Waals surface area (Å²) < 4.78 is 22.8. The summed E-state index contributed by atoms with van der Waals surface area (Å²) in [5.41, 5.74) is 3.16. The van der Waals surface area contributed by atoms with Gasteiger partial charge in [-0.3, -0.25) is 4.79 Å². The average molecular weight is 618 g/mol. The molecule has 0 unspecified atom stereocenters. The van der Waals surface area contributed by atoms with E-state index in [1.54, 1.807) is 28.4 Å². The third-order valence-electron chi connectivity index (χ3n) is 9.18. The van der Waals surface area contributed by atoms with Crippen molar-refractivity contribution in [3.63, 3.8) is 0 Å². The van der Waals surface area contributed by atoms with E-state index in [0.717, 1.165) is 88.0 Å². The predicted octanol–water partition coefficient (Wildman–Crippen LogP) is 9.84. The number of ether oxygens (including phenoxy) is 4. The van der Waals surface area contributed by atoms with Gasteiger partial charge in [0.05, 0.1) is 34.1 Å². The van der Waals surface area contributed by atoms with Crippen molar-refractivity contribution in [2.24, 2.45) is 0 Å². The summed E-state index contributed by atoms with van der Waals surface area (Å²) in [6.07, 6.45) is 0. The van der Waals surface area contributed by atoms with E-state index in [4.69, 9.17) is 18.9 Å². The molecule has 47 heavy (non-hydrogen) atoms. The number of methoxy groups -OCH3 is 4. The molecule has 0 saturated heterocycles. The standard InChI is InChI=1S/C41H31NO5/c1-44-25-12-10-23(11-13-25)37-36(42-41(43)24-8-6-5-7-9-24)22-35-29-16-14-26(45-2)18-31(29)33-20-28(47-4)21-34-32-19-27(46-3)15-17-30(32)39(37)40(35)38(33)34/h5-22H,1-4H3,(H,42,43). The number of hydrogen-bond donors (Lipinski definition) is 1. The summed E-state index contributed by atoms with van der Waals surface area (Å²) >= 11 is 0. The highest BCUT2D eigenvalue weighted by atomic mass is 16.5. The average Bonchev–Trinajstić information content (AvgIpc) is 3.13. The number of benzene rings is 8. The number of carbonyl (C=O) groups is 1. The maximum atomic E-state index is 13.8. The van der Waals surface area contributed by atoms with E-state index in [1.165, 1.54) is 0 Å². The zero-order valence-electron chi connectivity index (χ0n) is 26.4. The van der Waals surface area contributed by atoms with E-state index in [9.17, 15) is 4.79 Å². The Balaban J connectivity index is 1.62. The Bertz CT molecular complexity index is 2470. The van der Waals surface area contributed by atoms with Gasteiger partial charge in [-0.05, 0) is 121 Å². The molecule has 8 aromatic rings. The number of amides is 1. The van der Waals surface area contributed by atoms with Gasteiger partial charge in [0.1, 0.15) is 23.0 Å². The molecule has 0 heterocycles. The molecule has 6 nitrogen and oxygen atoms in total. The van der Waals surface area contributed by atoms with Crippen molar-refractivity contribution in [3.05, 3.63) is 115 Å². The minimum Gasteiger partial charge on any atom is -0.497 e. The van der Waals surface area contributed by atoms with E-state index in [-0.39, 0.29) is 5.91 Å². The van der Waals surface area contributed by atoms with Crippen LogP contribution >= 0.6 is 0 Å². The molecule has 0 aromatic heterocycles. The molecule has 6 heteroatoms. The van der Waals surface area contributed by atoms with E-state index in [2.05, 4.69) is 47.8 Å². The van der Waals surface area contributed by atoms with Gasteiger partial charge in [0.25, 0.3) is 5.91 Å². The van der Waals surface area contributed by atoms with Crippen LogP contribution in [-0.4, -0.2) is 34.3 Å². The van der Waals surface area contributed by atoms with Gasteiger partial charge in [0.2, 0.25) is 0 Å². The molecule has 8 rings (SSSR count). The molecule has 0 aliphatic heterocycles. The summed E-state index contributed by atoms with van der Waals surface area (Å²) in [6, 6.07) is 36.0. The van der Waals surface area contributed by atoms with Crippen molar-refractivity contribution in [2.75, 3.05) is 33.8 Å². The van der Waals surface area contributed by atoms with Gasteiger partial charge in [0.15, 0.2) is 0 Å². The quantitative estimate of drug-likeness (QED) is 0.142. The fourth-order valence-electron chi connectivity index (χ4n) is 6.99. The molecule has 0 aliphatic rings. The number of nitrogens with one attached hydrogen (secondary N) is 1. The van der Waals surface area contributed by atoms with Crippen LogP contribution in [0.15, 0.2) is 109 Å². The Hall–Kier alpha value is -6.01. The third kappa shape index (κ3) is 4.44. The second kappa shape index (κ2) is 11.1. The molecule has 0 bridgehead atoms. The fraction of sp³-hybridized carbons (Fsp3) is 0.0976. The number of carbonyl (C=O) groups excluding carboxylic acids is 1. The van der Waals surface area contributed by atoms with Crippen molar-refractivity contribution < 1.29 is 23.7 Å². The molecular formula is C41H31NO5. The highest BCUT2D eigenvalue weighted by molar-refractivity contribution is 6.43. The Labute approximate surface area is 271 Å². The molecule has 0 atom stereocenters. The Kier molecular flexibility index (Phi) is 6.73. The van der Waals surface area contributed by atoms with E-state index >= 15 is 0 Å². The summed E-state index contributed by atoms with van der Waals surface area (Å²) in [6.45, 7) is 0. The van der Waals surface area contributed by atoms with E-state index in [1.807, 2.05) is 66.7 Å². The lowest BCUT2D eigenvalue weighted by Crippen LogP contribution is -2.13. The predicted molar refractivity (Wildman–Crippen MR) is 191 cm³/mol. The highest BCUT2D eigenvalue weighted by Gasteiger charge is 2.24. The summed E-state index contributed by atoms with van der Waals surface area (Å²) in [5.74, 6) is 2.84. The second-order valence-electron chi connectivity index (χ2n) is 11.6. The molecule has 230 valence electrons. The van der Waals surface area contributed by atoms with Crippen LogP contribution in [0.5, 0.6) is 23.0 Å². The first-order chi connectivity index (χ1) is 23.0. The first-order valence-electron chi connectivity index (χ1n) is 15.3. The van der Waals surface area contributed by atoms with Crippen LogP contribution in [0.1, 0.15) is 10.4 Å². The van der Waals surface area contributed by atoms with Gasteiger partial charge in [-0.2, -0.15) is 0 Å². The molecule has 0 spiro atoms. The first-order valence-corrected chi connectivity index (χ1v) is 15.3. The lowest BCUT2D eigenvalue weighted by Gasteiger charge is -2.23. The van der Waals surface area contributed by atoms with Crippen LogP contribution < -0.4 is 24.3 Å². The lowest BCUT2D eigenvalue weighted by atomic mass is 9.82. The van der Waals surface area contributed by atoms with Crippen LogP contribution in [0.25, 0.3) is 65.0 Å². The van der Waals surface area contributed by atoms with Crippen LogP contribution in [0.2, 0.25) is 0 Å². The van der Waals surface area contributed by atoms with Gasteiger partial charge in [-0.1, -0.05) is 42.5 Å². The maximum Gasteiger partial charge on any atom is 0.255 e. The van der Waals surface area contributed by atoms with Crippen LogP contribution in [0, 0.1) is 0 Å². The van der Waals surface area contributed by atoms with Crippen molar-refractivity contribution in [3.8, 4) is 34.1 Å². The number of rotatable bonds is 7. The molecule has 0 saturated carbocycles. The van der Waals surface area contributed by atoms with Gasteiger partial charge in [-0.15, -0.1) is 0 Å². The summed E-state index contributed by atoms with van der Waals surface area (Å²) in [7, 11) is 6.71. The molecule has 0 aliphatic carbocycles. The largest absolute Gasteiger partial charge is 0.497 e. The van der Waals surface area contributed by atoms with E-state index in [0.29, 0.717) is 11.3 Å². The molecule has 0 radical (unpaired) electrons. The van der Waals surface area contributed by atoms with Crippen molar-refractivity contribution >= 4 is 65.5 Å². The van der Waals surface area contributed by atoms with Gasteiger partial charge < -0.3 is 24.3 Å². The smallest absolute Gasteiger partial charge is 0.255 e. The van der Waals surface area contributed by atoms with E-state index < -0.39 is 0 Å². The Morgan fingerprint density at radius 1 is 0.468 bits per heavy atom. The third-order valence-corrected chi connectivity index (χ3v) is 9.18. The second-order valence-corrected chi connectivity index (χ2v) is 11.6. The zero-order valence-corrected chi connectivity index (χ0v) is 26.4. The van der Waals surface area contributed by atoms with Gasteiger partial charge in [-0.25, -0.2) is 0 Å². The number of hydrogen-bond acceptors (Lipinski definition) is 5. The SMILES string of the molecule is COc1ccc(-c2c(NC(=O)c3ccccc3)cc3c4ccc(OC)cc4c4cc(OC)cc5c6cc(OC)ccc6c2c3c45)cc1. The van der Waals surface area contributed by atoms with Gasteiger partial charge in [0, 0.05) is 16.5 Å². The normalized spacial score (nSPS) is 11.5. The molecule has 8 aromatic carbocycles. The van der Waals surface area contributed by atoms with Crippen molar-refractivity contribution in [2.45, 2.75) is 0 Å². The zero-order chi connectivity index (χ0) is 32.2. The molecule has 0 fully saturated rings. The van der Waals surface area contributed by atoms with Gasteiger partial charge >= 0.3 is 0 Å². The lowest BCUT2D eigenvalue weighted by molar-refractivity contribution is 0.102. The maximum absolute atomic E-state index is 13.8. The number of fused-ring (bicyclic) bond motifs is 6. The number of anilines is 1. The minimum absolute atomic E-state index is 0.185. The topological polar surface area (TPSA) is 66.0 Å². The van der Waals surface area contributed by atoms with Crippen LogP contribution in [0.4, 0.5) is 5.69 Å². The Morgan fingerprint density at radius 3 is 1.62 bits per heavy atom.